The van der Waals surface area contributed by atoms with Crippen LogP contribution < -0.4 is 4.74 Å². The van der Waals surface area contributed by atoms with Crippen molar-refractivity contribution >= 4 is 17.6 Å². The fraction of sp³-hybridized carbons (Fsp3) is 0.333. The van der Waals surface area contributed by atoms with Crippen molar-refractivity contribution in [2.45, 2.75) is 6.54 Å². The van der Waals surface area contributed by atoms with Crippen LogP contribution in [0.2, 0.25) is 5.15 Å². The lowest BCUT2D eigenvalue weighted by molar-refractivity contribution is 0.0693. The molecule has 0 fully saturated rings. The average Bonchev–Trinajstić information content (AvgIpc) is 2.44. The van der Waals surface area contributed by atoms with Gasteiger partial charge in [-0.1, -0.05) is 11.6 Å². The van der Waals surface area contributed by atoms with Crippen LogP contribution in [-0.4, -0.2) is 27.5 Å². The number of carboxylic acid groups (broad SMARTS) is 1. The van der Waals surface area contributed by atoms with Gasteiger partial charge in [0.1, 0.15) is 6.61 Å². The van der Waals surface area contributed by atoms with E-state index in [1.54, 1.807) is 0 Å². The van der Waals surface area contributed by atoms with E-state index in [0.29, 0.717) is 13.2 Å². The number of rotatable bonds is 1. The summed E-state index contributed by atoms with van der Waals surface area (Å²) in [5, 5.41) is 12.5. The Morgan fingerprint density at radius 3 is 3.17 bits per heavy atom. The van der Waals surface area contributed by atoms with Crippen molar-refractivity contribution in [1.82, 2.24) is 9.78 Å². The number of aromatic nitrogens is 2. The zero-order chi connectivity index (χ0) is 8.72. The van der Waals surface area contributed by atoms with Crippen LogP contribution >= 0.6 is 11.6 Å². The number of hydrogen-bond acceptors (Lipinski definition) is 3. The van der Waals surface area contributed by atoms with Crippen molar-refractivity contribution in [2.75, 3.05) is 6.61 Å². The van der Waals surface area contributed by atoms with Gasteiger partial charge in [0.25, 0.3) is 0 Å². The first kappa shape index (κ1) is 7.42. The Kier molecular flexibility index (Phi) is 1.47. The second kappa shape index (κ2) is 2.38. The number of hydrogen-bond donors (Lipinski definition) is 1. The van der Waals surface area contributed by atoms with Crippen LogP contribution in [0.1, 0.15) is 10.4 Å². The SMILES string of the molecule is O=C(O)c1c(Cl)nn2c1OCC2. The highest BCUT2D eigenvalue weighted by Gasteiger charge is 2.26. The van der Waals surface area contributed by atoms with Crippen LogP contribution in [0.4, 0.5) is 0 Å². The van der Waals surface area contributed by atoms with Crippen LogP contribution in [0.5, 0.6) is 5.88 Å². The summed E-state index contributed by atoms with van der Waals surface area (Å²) in [5.74, 6) is -0.851. The summed E-state index contributed by atoms with van der Waals surface area (Å²) in [7, 11) is 0. The zero-order valence-electron chi connectivity index (χ0n) is 5.95. The lowest BCUT2D eigenvalue weighted by atomic mass is 10.3. The van der Waals surface area contributed by atoms with E-state index < -0.39 is 5.97 Å². The minimum Gasteiger partial charge on any atom is -0.477 e. The van der Waals surface area contributed by atoms with E-state index in [-0.39, 0.29) is 16.6 Å². The molecule has 0 spiro atoms. The van der Waals surface area contributed by atoms with Gasteiger partial charge in [-0.05, 0) is 0 Å². The Labute approximate surface area is 72.5 Å². The minimum absolute atomic E-state index is 0.0165. The molecular weight excluding hydrogens is 184 g/mol. The highest BCUT2D eigenvalue weighted by Crippen LogP contribution is 2.29. The Morgan fingerprint density at radius 1 is 1.75 bits per heavy atom. The highest BCUT2D eigenvalue weighted by molar-refractivity contribution is 6.32. The number of nitrogens with zero attached hydrogens (tertiary/aromatic N) is 2. The monoisotopic (exact) mass is 188 g/mol. The molecule has 64 valence electrons. The van der Waals surface area contributed by atoms with Crippen molar-refractivity contribution < 1.29 is 14.6 Å². The molecule has 12 heavy (non-hydrogen) atoms. The zero-order valence-corrected chi connectivity index (χ0v) is 6.71. The number of ether oxygens (including phenoxy) is 1. The summed E-state index contributed by atoms with van der Waals surface area (Å²) < 4.78 is 6.50. The van der Waals surface area contributed by atoms with Crippen molar-refractivity contribution in [3.05, 3.63) is 10.7 Å². The average molecular weight is 189 g/mol. The predicted octanol–water partition coefficient (Wildman–Crippen LogP) is 0.627. The van der Waals surface area contributed by atoms with E-state index in [0.717, 1.165) is 0 Å². The van der Waals surface area contributed by atoms with Crippen LogP contribution in [-0.2, 0) is 6.54 Å². The molecule has 0 aliphatic carbocycles. The fourth-order valence-corrected chi connectivity index (χ4v) is 1.38. The number of halogens is 1. The molecule has 0 unspecified atom stereocenters. The summed E-state index contributed by atoms with van der Waals surface area (Å²) in [4.78, 5) is 10.6. The first-order chi connectivity index (χ1) is 5.70. The topological polar surface area (TPSA) is 64.3 Å². The van der Waals surface area contributed by atoms with Gasteiger partial charge in [-0.3, -0.25) is 0 Å². The summed E-state index contributed by atoms with van der Waals surface area (Å²) in [5.41, 5.74) is -0.0471. The van der Waals surface area contributed by atoms with Crippen LogP contribution in [0.15, 0.2) is 0 Å². The maximum absolute atomic E-state index is 10.6. The van der Waals surface area contributed by atoms with Crippen molar-refractivity contribution in [2.24, 2.45) is 0 Å². The van der Waals surface area contributed by atoms with E-state index in [4.69, 9.17) is 21.4 Å². The molecule has 2 rings (SSSR count). The normalized spacial score (nSPS) is 14.1. The molecule has 5 nitrogen and oxygen atoms in total. The maximum Gasteiger partial charge on any atom is 0.344 e. The van der Waals surface area contributed by atoms with E-state index >= 15 is 0 Å². The molecule has 1 aromatic heterocycles. The molecule has 6 heteroatoms. The number of aromatic carboxylic acids is 1. The summed E-state index contributed by atoms with van der Waals surface area (Å²) >= 11 is 5.57. The van der Waals surface area contributed by atoms with Gasteiger partial charge in [0.15, 0.2) is 10.7 Å². The van der Waals surface area contributed by atoms with Gasteiger partial charge < -0.3 is 9.84 Å². The number of carbonyl (C=O) groups is 1. The summed E-state index contributed by atoms with van der Waals surface area (Å²) in [6.45, 7) is 1.02. The minimum atomic E-state index is -1.11. The largest absolute Gasteiger partial charge is 0.477 e. The molecule has 1 aliphatic heterocycles. The number of carboxylic acids is 1. The Bertz CT molecular complexity index is 347. The standard InChI is InChI=1S/C6H5ClN2O3/c7-4-3(6(10)11)5-9(8-4)1-2-12-5/h1-2H2,(H,10,11). The second-order valence-corrected chi connectivity index (χ2v) is 2.71. The molecule has 1 aliphatic rings. The van der Waals surface area contributed by atoms with Crippen LogP contribution in [0, 0.1) is 0 Å². The van der Waals surface area contributed by atoms with Gasteiger partial charge in [-0.2, -0.15) is 5.10 Å². The molecule has 0 atom stereocenters. The van der Waals surface area contributed by atoms with E-state index in [1.807, 2.05) is 0 Å². The third-order valence-corrected chi connectivity index (χ3v) is 1.88. The first-order valence-corrected chi connectivity index (χ1v) is 3.70. The Balaban J connectivity index is 2.59. The third-order valence-electron chi connectivity index (χ3n) is 1.62. The summed E-state index contributed by atoms with van der Waals surface area (Å²) in [6.07, 6.45) is 0. The van der Waals surface area contributed by atoms with E-state index in [1.165, 1.54) is 4.68 Å². The van der Waals surface area contributed by atoms with Crippen molar-refractivity contribution in [3.63, 3.8) is 0 Å². The lowest BCUT2D eigenvalue weighted by Crippen LogP contribution is -1.99. The molecule has 1 N–H and O–H groups in total. The molecule has 0 saturated heterocycles. The highest BCUT2D eigenvalue weighted by atomic mass is 35.5. The Morgan fingerprint density at radius 2 is 2.50 bits per heavy atom. The van der Waals surface area contributed by atoms with Gasteiger partial charge in [0.2, 0.25) is 5.88 Å². The van der Waals surface area contributed by atoms with Crippen LogP contribution in [0.3, 0.4) is 0 Å². The van der Waals surface area contributed by atoms with E-state index in [9.17, 15) is 4.79 Å². The van der Waals surface area contributed by atoms with Crippen molar-refractivity contribution in [3.8, 4) is 5.88 Å². The molecule has 0 amide bonds. The van der Waals surface area contributed by atoms with Gasteiger partial charge in [-0.15, -0.1) is 0 Å². The fourth-order valence-electron chi connectivity index (χ4n) is 1.13. The first-order valence-electron chi connectivity index (χ1n) is 3.32. The summed E-state index contributed by atoms with van der Waals surface area (Å²) in [6, 6.07) is 0. The molecule has 2 heterocycles. The Hall–Kier alpha value is -1.23. The van der Waals surface area contributed by atoms with Gasteiger partial charge in [0, 0.05) is 0 Å². The van der Waals surface area contributed by atoms with Gasteiger partial charge in [0.05, 0.1) is 6.54 Å². The maximum atomic E-state index is 10.6. The predicted molar refractivity (Wildman–Crippen MR) is 39.7 cm³/mol. The molecule has 0 saturated carbocycles. The number of fused-ring (bicyclic) bond motifs is 1. The van der Waals surface area contributed by atoms with Crippen LogP contribution in [0.25, 0.3) is 0 Å². The van der Waals surface area contributed by atoms with Gasteiger partial charge >= 0.3 is 5.97 Å². The molecule has 1 aromatic rings. The third kappa shape index (κ3) is 0.863. The second-order valence-electron chi connectivity index (χ2n) is 2.35. The van der Waals surface area contributed by atoms with Crippen molar-refractivity contribution in [1.29, 1.82) is 0 Å². The smallest absolute Gasteiger partial charge is 0.344 e. The van der Waals surface area contributed by atoms with Gasteiger partial charge in [-0.25, -0.2) is 9.48 Å². The quantitative estimate of drug-likeness (QED) is 0.702. The molecular formula is C6H5ClN2O3. The van der Waals surface area contributed by atoms with E-state index in [2.05, 4.69) is 5.10 Å². The molecule has 0 radical (unpaired) electrons. The molecule has 0 bridgehead atoms. The lowest BCUT2D eigenvalue weighted by Gasteiger charge is -1.93. The molecule has 0 aromatic carbocycles.